The fraction of sp³-hybridized carbons (Fsp3) is 0.375. The van der Waals surface area contributed by atoms with Gasteiger partial charge in [-0.1, -0.05) is 17.7 Å². The molecular formula is C16H18ClF3N4O. The van der Waals surface area contributed by atoms with Gasteiger partial charge in [0.05, 0.1) is 6.61 Å². The summed E-state index contributed by atoms with van der Waals surface area (Å²) in [6.45, 7) is 4.90. The molecule has 1 atom stereocenters. The van der Waals surface area contributed by atoms with Crippen LogP contribution in [-0.2, 0) is 6.18 Å². The van der Waals surface area contributed by atoms with Crippen LogP contribution in [0.15, 0.2) is 18.2 Å². The number of hydrogen-bond acceptors (Lipinski definition) is 5. The standard InChI is InChI=1S/C16H18ClF3N4O/c1-8-4-5-11(17)10(3)14(8)23-13-6-12(16(18,19)20)22-15(24-13)21-9(2)7-25/h4-6,9,25H,7H2,1-3H3,(H2,21,22,23,24)/t9-/m1/s1. The number of rotatable bonds is 5. The fourth-order valence-corrected chi connectivity index (χ4v) is 2.29. The maximum Gasteiger partial charge on any atom is 0.433 e. The normalized spacial score (nSPS) is 12.8. The van der Waals surface area contributed by atoms with E-state index in [2.05, 4.69) is 20.6 Å². The summed E-state index contributed by atoms with van der Waals surface area (Å²) in [7, 11) is 0. The van der Waals surface area contributed by atoms with Crippen LogP contribution >= 0.6 is 11.6 Å². The van der Waals surface area contributed by atoms with E-state index in [1.165, 1.54) is 0 Å². The molecule has 0 unspecified atom stereocenters. The highest BCUT2D eigenvalue weighted by Gasteiger charge is 2.34. The number of aliphatic hydroxyl groups excluding tert-OH is 1. The third-order valence-corrected chi connectivity index (χ3v) is 3.94. The molecule has 0 amide bonds. The van der Waals surface area contributed by atoms with Crippen LogP contribution in [0.4, 0.5) is 30.6 Å². The molecule has 0 bridgehead atoms. The fourth-order valence-electron chi connectivity index (χ4n) is 2.13. The zero-order valence-electron chi connectivity index (χ0n) is 13.9. The Labute approximate surface area is 148 Å². The van der Waals surface area contributed by atoms with Gasteiger partial charge in [-0.05, 0) is 38.0 Å². The molecule has 25 heavy (non-hydrogen) atoms. The minimum absolute atomic E-state index is 0.0246. The number of nitrogens with zero attached hydrogens (tertiary/aromatic N) is 2. The van der Waals surface area contributed by atoms with Gasteiger partial charge in [-0.25, -0.2) is 4.98 Å². The van der Waals surface area contributed by atoms with Crippen LogP contribution in [-0.4, -0.2) is 27.7 Å². The van der Waals surface area contributed by atoms with Crippen molar-refractivity contribution in [3.05, 3.63) is 40.0 Å². The van der Waals surface area contributed by atoms with Crippen LogP contribution in [0.3, 0.4) is 0 Å². The molecule has 2 rings (SSSR count). The molecule has 0 saturated carbocycles. The van der Waals surface area contributed by atoms with Crippen molar-refractivity contribution in [3.63, 3.8) is 0 Å². The number of nitrogens with one attached hydrogen (secondary N) is 2. The van der Waals surface area contributed by atoms with Crippen molar-refractivity contribution in [2.75, 3.05) is 17.2 Å². The summed E-state index contributed by atoms with van der Waals surface area (Å²) >= 11 is 6.08. The van der Waals surface area contributed by atoms with Crippen molar-refractivity contribution in [1.29, 1.82) is 0 Å². The van der Waals surface area contributed by atoms with Gasteiger partial charge in [-0.3, -0.25) is 0 Å². The zero-order valence-corrected chi connectivity index (χ0v) is 14.6. The predicted octanol–water partition coefficient (Wildman–Crippen LogP) is 4.30. The number of halogens is 4. The predicted molar refractivity (Wildman–Crippen MR) is 91.4 cm³/mol. The van der Waals surface area contributed by atoms with Gasteiger partial charge in [-0.2, -0.15) is 18.2 Å². The van der Waals surface area contributed by atoms with Crippen LogP contribution in [0.25, 0.3) is 0 Å². The molecule has 9 heteroatoms. The summed E-state index contributed by atoms with van der Waals surface area (Å²) in [5, 5.41) is 15.1. The molecule has 0 spiro atoms. The molecule has 5 nitrogen and oxygen atoms in total. The summed E-state index contributed by atoms with van der Waals surface area (Å²) in [4.78, 5) is 7.53. The number of aromatic nitrogens is 2. The largest absolute Gasteiger partial charge is 0.433 e. The topological polar surface area (TPSA) is 70.1 Å². The first-order chi connectivity index (χ1) is 11.6. The quantitative estimate of drug-likeness (QED) is 0.727. The van der Waals surface area contributed by atoms with E-state index in [1.807, 2.05) is 6.92 Å². The lowest BCUT2D eigenvalue weighted by Crippen LogP contribution is -2.22. The molecule has 1 heterocycles. The van der Waals surface area contributed by atoms with Crippen molar-refractivity contribution < 1.29 is 18.3 Å². The van der Waals surface area contributed by atoms with E-state index in [4.69, 9.17) is 16.7 Å². The van der Waals surface area contributed by atoms with E-state index in [9.17, 15) is 13.2 Å². The van der Waals surface area contributed by atoms with E-state index < -0.39 is 17.9 Å². The monoisotopic (exact) mass is 374 g/mol. The lowest BCUT2D eigenvalue weighted by atomic mass is 10.1. The zero-order chi connectivity index (χ0) is 18.8. The molecule has 0 saturated heterocycles. The average molecular weight is 375 g/mol. The Hall–Kier alpha value is -2.06. The van der Waals surface area contributed by atoms with Crippen LogP contribution in [0.2, 0.25) is 5.02 Å². The second-order valence-electron chi connectivity index (χ2n) is 5.68. The average Bonchev–Trinajstić information content (AvgIpc) is 2.54. The summed E-state index contributed by atoms with van der Waals surface area (Å²) in [5.74, 6) is -0.250. The Morgan fingerprint density at radius 3 is 2.52 bits per heavy atom. The number of anilines is 3. The maximum absolute atomic E-state index is 13.1. The molecule has 0 aliphatic rings. The van der Waals surface area contributed by atoms with Crippen molar-refractivity contribution in [3.8, 4) is 0 Å². The Morgan fingerprint density at radius 1 is 1.24 bits per heavy atom. The van der Waals surface area contributed by atoms with Gasteiger partial charge in [0.2, 0.25) is 5.95 Å². The smallest absolute Gasteiger partial charge is 0.394 e. The van der Waals surface area contributed by atoms with E-state index in [-0.39, 0.29) is 18.4 Å². The number of aliphatic hydroxyl groups is 1. The third-order valence-electron chi connectivity index (χ3n) is 3.53. The lowest BCUT2D eigenvalue weighted by Gasteiger charge is -2.17. The van der Waals surface area contributed by atoms with E-state index in [1.54, 1.807) is 26.0 Å². The first-order valence-electron chi connectivity index (χ1n) is 7.48. The summed E-state index contributed by atoms with van der Waals surface area (Å²) in [5.41, 5.74) is 1.01. The highest BCUT2D eigenvalue weighted by atomic mass is 35.5. The van der Waals surface area contributed by atoms with E-state index in [0.717, 1.165) is 11.6 Å². The van der Waals surface area contributed by atoms with Gasteiger partial charge >= 0.3 is 6.18 Å². The first-order valence-corrected chi connectivity index (χ1v) is 7.86. The molecule has 0 fully saturated rings. The number of alkyl halides is 3. The van der Waals surface area contributed by atoms with Gasteiger partial charge in [0.15, 0.2) is 5.69 Å². The number of aryl methyl sites for hydroxylation is 1. The van der Waals surface area contributed by atoms with Crippen LogP contribution < -0.4 is 10.6 Å². The maximum atomic E-state index is 13.1. The number of benzene rings is 1. The van der Waals surface area contributed by atoms with Gasteiger partial charge in [0.1, 0.15) is 5.82 Å². The van der Waals surface area contributed by atoms with Crippen LogP contribution in [0.5, 0.6) is 0 Å². The molecule has 136 valence electrons. The molecule has 3 N–H and O–H groups in total. The molecule has 0 radical (unpaired) electrons. The van der Waals surface area contributed by atoms with Gasteiger partial charge in [0, 0.05) is 22.8 Å². The Morgan fingerprint density at radius 2 is 1.92 bits per heavy atom. The second kappa shape index (κ2) is 7.45. The van der Waals surface area contributed by atoms with Crippen LogP contribution in [0.1, 0.15) is 23.7 Å². The highest BCUT2D eigenvalue weighted by molar-refractivity contribution is 6.31. The van der Waals surface area contributed by atoms with Crippen molar-refractivity contribution >= 4 is 29.1 Å². The molecule has 0 aliphatic carbocycles. The van der Waals surface area contributed by atoms with Crippen molar-refractivity contribution in [1.82, 2.24) is 9.97 Å². The summed E-state index contributed by atoms with van der Waals surface area (Å²) in [6, 6.07) is 3.81. The van der Waals surface area contributed by atoms with Gasteiger partial charge in [-0.15, -0.1) is 0 Å². The minimum atomic E-state index is -4.63. The Balaban J connectivity index is 2.46. The Bertz CT molecular complexity index is 768. The molecule has 2 aromatic rings. The minimum Gasteiger partial charge on any atom is -0.394 e. The van der Waals surface area contributed by atoms with E-state index in [0.29, 0.717) is 16.3 Å². The van der Waals surface area contributed by atoms with Crippen molar-refractivity contribution in [2.24, 2.45) is 0 Å². The molecule has 1 aromatic carbocycles. The SMILES string of the molecule is Cc1ccc(Cl)c(C)c1Nc1cc(C(F)(F)F)nc(N[C@H](C)CO)n1. The highest BCUT2D eigenvalue weighted by Crippen LogP contribution is 2.33. The second-order valence-corrected chi connectivity index (χ2v) is 6.08. The van der Waals surface area contributed by atoms with Crippen LogP contribution in [0, 0.1) is 13.8 Å². The van der Waals surface area contributed by atoms with Crippen molar-refractivity contribution in [2.45, 2.75) is 33.0 Å². The summed E-state index contributed by atoms with van der Waals surface area (Å²) in [6.07, 6.45) is -4.63. The first kappa shape index (κ1) is 19.3. The third kappa shape index (κ3) is 4.73. The van der Waals surface area contributed by atoms with Gasteiger partial charge < -0.3 is 15.7 Å². The lowest BCUT2D eigenvalue weighted by molar-refractivity contribution is -0.141. The van der Waals surface area contributed by atoms with E-state index >= 15 is 0 Å². The number of hydrogen-bond donors (Lipinski definition) is 3. The molecule has 0 aliphatic heterocycles. The Kier molecular flexibility index (Phi) is 5.74. The summed E-state index contributed by atoms with van der Waals surface area (Å²) < 4.78 is 39.3. The molecular weight excluding hydrogens is 357 g/mol. The van der Waals surface area contributed by atoms with Gasteiger partial charge in [0.25, 0.3) is 0 Å². The molecule has 1 aromatic heterocycles.